The first-order valence-electron chi connectivity index (χ1n) is 6.57. The normalized spacial score (nSPS) is 12.8. The Balaban J connectivity index is 2.23. The molecule has 0 aliphatic rings. The molecule has 0 radical (unpaired) electrons. The first-order chi connectivity index (χ1) is 9.59. The third-order valence-electron chi connectivity index (χ3n) is 3.71. The van der Waals surface area contributed by atoms with Crippen molar-refractivity contribution in [2.24, 2.45) is 5.73 Å². The van der Waals surface area contributed by atoms with Crippen molar-refractivity contribution in [3.05, 3.63) is 68.4 Å². The molecule has 20 heavy (non-hydrogen) atoms. The number of aryl methyl sites for hydroxylation is 2. The van der Waals surface area contributed by atoms with Crippen molar-refractivity contribution in [3.63, 3.8) is 0 Å². The van der Waals surface area contributed by atoms with E-state index in [0.717, 1.165) is 15.5 Å². The lowest BCUT2D eigenvalue weighted by Gasteiger charge is -2.17. The third kappa shape index (κ3) is 2.14. The highest BCUT2D eigenvalue weighted by Gasteiger charge is 2.19. The van der Waals surface area contributed by atoms with E-state index in [0.29, 0.717) is 0 Å². The molecule has 3 aromatic rings. The van der Waals surface area contributed by atoms with Gasteiger partial charge in [0.2, 0.25) is 0 Å². The van der Waals surface area contributed by atoms with Gasteiger partial charge in [0.1, 0.15) is 0 Å². The van der Waals surface area contributed by atoms with Crippen molar-refractivity contribution in [2.45, 2.75) is 19.9 Å². The highest BCUT2D eigenvalue weighted by Crippen LogP contribution is 2.37. The average molecular weight is 302 g/mol. The second kappa shape index (κ2) is 5.21. The van der Waals surface area contributed by atoms with Crippen LogP contribution in [0.1, 0.15) is 27.6 Å². The van der Waals surface area contributed by atoms with E-state index in [1.54, 1.807) is 11.3 Å². The lowest BCUT2D eigenvalue weighted by molar-refractivity contribution is 0.892. The number of hydrogen-bond donors (Lipinski definition) is 1. The summed E-state index contributed by atoms with van der Waals surface area (Å²) in [5.74, 6) is 0. The smallest absolute Gasteiger partial charge is 0.0669 e. The topological polar surface area (TPSA) is 26.0 Å². The molecule has 102 valence electrons. The molecule has 1 heterocycles. The summed E-state index contributed by atoms with van der Waals surface area (Å²) in [6, 6.07) is 12.5. The summed E-state index contributed by atoms with van der Waals surface area (Å²) in [6.07, 6.45) is 0. The highest BCUT2D eigenvalue weighted by atomic mass is 35.5. The Bertz CT molecular complexity index is 776. The second-order valence-corrected chi connectivity index (χ2v) is 6.38. The van der Waals surface area contributed by atoms with E-state index in [1.807, 2.05) is 6.92 Å². The summed E-state index contributed by atoms with van der Waals surface area (Å²) in [5.41, 5.74) is 10.0. The first-order valence-corrected chi connectivity index (χ1v) is 7.82. The molecular formula is C17H16ClNS. The van der Waals surface area contributed by atoms with Gasteiger partial charge in [0, 0.05) is 4.88 Å². The Morgan fingerprint density at radius 2 is 1.80 bits per heavy atom. The zero-order valence-electron chi connectivity index (χ0n) is 11.5. The molecule has 0 fully saturated rings. The van der Waals surface area contributed by atoms with Gasteiger partial charge in [0.15, 0.2) is 0 Å². The van der Waals surface area contributed by atoms with E-state index in [1.165, 1.54) is 21.9 Å². The molecule has 3 heteroatoms. The fourth-order valence-electron chi connectivity index (χ4n) is 2.61. The predicted octanol–water partition coefficient (Wildman–Crippen LogP) is 5.22. The molecule has 0 saturated heterocycles. The molecule has 0 spiro atoms. The SMILES string of the molecule is Cc1csc(C(N)c2c(C)ccc3ccccc23)c1Cl. The van der Waals surface area contributed by atoms with Crippen LogP contribution in [-0.2, 0) is 0 Å². The zero-order chi connectivity index (χ0) is 14.3. The Labute approximate surface area is 128 Å². The van der Waals surface area contributed by atoms with Crippen molar-refractivity contribution >= 4 is 33.7 Å². The molecule has 0 saturated carbocycles. The minimum Gasteiger partial charge on any atom is -0.320 e. The van der Waals surface area contributed by atoms with Crippen molar-refractivity contribution in [1.82, 2.24) is 0 Å². The zero-order valence-corrected chi connectivity index (χ0v) is 13.1. The minimum absolute atomic E-state index is 0.174. The van der Waals surface area contributed by atoms with Crippen LogP contribution in [0.2, 0.25) is 5.02 Å². The van der Waals surface area contributed by atoms with Gasteiger partial charge in [-0.15, -0.1) is 11.3 Å². The minimum atomic E-state index is -0.174. The van der Waals surface area contributed by atoms with E-state index >= 15 is 0 Å². The number of halogens is 1. The van der Waals surface area contributed by atoms with Crippen LogP contribution >= 0.6 is 22.9 Å². The molecule has 3 rings (SSSR count). The molecule has 0 aliphatic heterocycles. The van der Waals surface area contributed by atoms with Crippen LogP contribution in [0.25, 0.3) is 10.8 Å². The summed E-state index contributed by atoms with van der Waals surface area (Å²) < 4.78 is 0. The van der Waals surface area contributed by atoms with Crippen molar-refractivity contribution < 1.29 is 0 Å². The summed E-state index contributed by atoms with van der Waals surface area (Å²) >= 11 is 8.03. The van der Waals surface area contributed by atoms with Crippen LogP contribution in [0.5, 0.6) is 0 Å². The Kier molecular flexibility index (Phi) is 3.55. The maximum atomic E-state index is 6.52. The third-order valence-corrected chi connectivity index (χ3v) is 5.50. The van der Waals surface area contributed by atoms with Crippen molar-refractivity contribution in [2.75, 3.05) is 0 Å². The molecule has 1 unspecified atom stereocenters. The van der Waals surface area contributed by atoms with E-state index < -0.39 is 0 Å². The number of nitrogens with two attached hydrogens (primary N) is 1. The molecular weight excluding hydrogens is 286 g/mol. The largest absolute Gasteiger partial charge is 0.320 e. The van der Waals surface area contributed by atoms with Gasteiger partial charge in [-0.1, -0.05) is 48.0 Å². The van der Waals surface area contributed by atoms with E-state index in [9.17, 15) is 0 Å². The van der Waals surface area contributed by atoms with Crippen LogP contribution in [0.4, 0.5) is 0 Å². The van der Waals surface area contributed by atoms with Crippen LogP contribution in [0.15, 0.2) is 41.8 Å². The molecule has 2 N–H and O–H groups in total. The highest BCUT2D eigenvalue weighted by molar-refractivity contribution is 7.10. The molecule has 1 aromatic heterocycles. The van der Waals surface area contributed by atoms with Crippen molar-refractivity contribution in [3.8, 4) is 0 Å². The summed E-state index contributed by atoms with van der Waals surface area (Å²) in [5, 5.41) is 5.29. The van der Waals surface area contributed by atoms with E-state index in [2.05, 4.69) is 48.7 Å². The molecule has 0 bridgehead atoms. The molecule has 2 aromatic carbocycles. The molecule has 0 amide bonds. The summed E-state index contributed by atoms with van der Waals surface area (Å²) in [4.78, 5) is 1.05. The van der Waals surface area contributed by atoms with Crippen LogP contribution in [0.3, 0.4) is 0 Å². The Hall–Kier alpha value is -1.35. The molecule has 1 nitrogen and oxygen atoms in total. The van der Waals surface area contributed by atoms with Crippen LogP contribution in [0, 0.1) is 13.8 Å². The van der Waals surface area contributed by atoms with E-state index in [-0.39, 0.29) is 6.04 Å². The Morgan fingerprint density at radius 1 is 1.05 bits per heavy atom. The van der Waals surface area contributed by atoms with E-state index in [4.69, 9.17) is 17.3 Å². The Morgan fingerprint density at radius 3 is 2.50 bits per heavy atom. The van der Waals surface area contributed by atoms with Gasteiger partial charge in [0.25, 0.3) is 0 Å². The number of hydrogen-bond acceptors (Lipinski definition) is 2. The molecule has 0 aliphatic carbocycles. The fraction of sp³-hybridized carbons (Fsp3) is 0.176. The lowest BCUT2D eigenvalue weighted by Crippen LogP contribution is -2.13. The van der Waals surface area contributed by atoms with Gasteiger partial charge < -0.3 is 5.73 Å². The summed E-state index contributed by atoms with van der Waals surface area (Å²) in [7, 11) is 0. The average Bonchev–Trinajstić information content (AvgIpc) is 2.78. The number of benzene rings is 2. The lowest BCUT2D eigenvalue weighted by atomic mass is 9.93. The van der Waals surface area contributed by atoms with Gasteiger partial charge in [-0.25, -0.2) is 0 Å². The second-order valence-electron chi connectivity index (χ2n) is 5.09. The van der Waals surface area contributed by atoms with Gasteiger partial charge in [-0.3, -0.25) is 0 Å². The predicted molar refractivity (Wildman–Crippen MR) is 88.8 cm³/mol. The van der Waals surface area contributed by atoms with Gasteiger partial charge in [0.05, 0.1) is 11.1 Å². The van der Waals surface area contributed by atoms with Gasteiger partial charge in [-0.05, 0) is 46.7 Å². The van der Waals surface area contributed by atoms with Gasteiger partial charge in [-0.2, -0.15) is 0 Å². The number of rotatable bonds is 2. The monoisotopic (exact) mass is 301 g/mol. The maximum absolute atomic E-state index is 6.52. The quantitative estimate of drug-likeness (QED) is 0.690. The van der Waals surface area contributed by atoms with Crippen LogP contribution in [-0.4, -0.2) is 0 Å². The number of thiophene rings is 1. The maximum Gasteiger partial charge on any atom is 0.0669 e. The fourth-order valence-corrected chi connectivity index (χ4v) is 3.93. The van der Waals surface area contributed by atoms with Crippen LogP contribution < -0.4 is 5.73 Å². The first kappa shape index (κ1) is 13.6. The summed E-state index contributed by atoms with van der Waals surface area (Å²) in [6.45, 7) is 4.13. The van der Waals surface area contributed by atoms with Gasteiger partial charge >= 0.3 is 0 Å². The van der Waals surface area contributed by atoms with Crippen molar-refractivity contribution in [1.29, 1.82) is 0 Å². The molecule has 1 atom stereocenters. The number of fused-ring (bicyclic) bond motifs is 1. The standard InChI is InChI=1S/C17H16ClNS/c1-10-7-8-12-5-3-4-6-13(12)14(10)16(19)17-15(18)11(2)9-20-17/h3-9,16H,19H2,1-2H3.